The Bertz CT molecular complexity index is 712. The molecule has 176 valence electrons. The molecule has 0 saturated carbocycles. The highest BCUT2D eigenvalue weighted by atomic mass is 19.4. The number of hydrogen-bond acceptors (Lipinski definition) is 7. The van der Waals surface area contributed by atoms with Crippen molar-refractivity contribution in [2.75, 3.05) is 32.0 Å². The van der Waals surface area contributed by atoms with Crippen molar-refractivity contribution in [3.05, 3.63) is 11.9 Å². The van der Waals surface area contributed by atoms with Gasteiger partial charge in [0.15, 0.2) is 11.5 Å². The quantitative estimate of drug-likeness (QED) is 0.665. The average molecular weight is 447 g/mol. The van der Waals surface area contributed by atoms with Gasteiger partial charge in [-0.3, -0.25) is 0 Å². The van der Waals surface area contributed by atoms with E-state index in [-0.39, 0.29) is 18.6 Å². The number of rotatable bonds is 7. The predicted molar refractivity (Wildman–Crippen MR) is 109 cm³/mol. The fourth-order valence-corrected chi connectivity index (χ4v) is 4.30. The Kier molecular flexibility index (Phi) is 7.98. The average Bonchev–Trinajstić information content (AvgIpc) is 2.71. The Labute approximate surface area is 181 Å². The number of halogens is 3. The molecule has 2 fully saturated rings. The van der Waals surface area contributed by atoms with Crippen molar-refractivity contribution in [3.63, 3.8) is 0 Å². The van der Waals surface area contributed by atoms with Crippen LogP contribution in [0.5, 0.6) is 5.88 Å². The number of piperidine rings is 1. The molecule has 2 saturated heterocycles. The van der Waals surface area contributed by atoms with Gasteiger partial charge in [-0.25, -0.2) is 9.97 Å². The summed E-state index contributed by atoms with van der Waals surface area (Å²) >= 11 is 0. The lowest BCUT2D eigenvalue weighted by atomic mass is 9.86. The molecule has 0 amide bonds. The van der Waals surface area contributed by atoms with Crippen LogP contribution in [0.25, 0.3) is 0 Å². The van der Waals surface area contributed by atoms with Gasteiger partial charge in [-0.05, 0) is 57.2 Å². The first-order valence-electron chi connectivity index (χ1n) is 11.0. The van der Waals surface area contributed by atoms with E-state index < -0.39 is 29.9 Å². The van der Waals surface area contributed by atoms with Crippen molar-refractivity contribution in [3.8, 4) is 5.88 Å². The van der Waals surface area contributed by atoms with Gasteiger partial charge in [-0.1, -0.05) is 13.8 Å². The van der Waals surface area contributed by atoms with Crippen LogP contribution in [-0.4, -0.2) is 64.5 Å². The largest absolute Gasteiger partial charge is 0.469 e. The van der Waals surface area contributed by atoms with Crippen molar-refractivity contribution < 1.29 is 27.8 Å². The minimum absolute atomic E-state index is 0.0924. The molecule has 1 aromatic heterocycles. The first-order chi connectivity index (χ1) is 14.6. The number of aliphatic hydroxyl groups is 1. The van der Waals surface area contributed by atoms with Crippen molar-refractivity contribution >= 4 is 5.82 Å². The number of aliphatic hydroxyl groups excluding tert-OH is 1. The van der Waals surface area contributed by atoms with Gasteiger partial charge in [-0.2, -0.15) is 13.2 Å². The van der Waals surface area contributed by atoms with Gasteiger partial charge >= 0.3 is 6.18 Å². The van der Waals surface area contributed by atoms with E-state index >= 15 is 0 Å². The molecule has 1 aromatic rings. The summed E-state index contributed by atoms with van der Waals surface area (Å²) in [6.07, 6.45) is -1.01. The smallest absolute Gasteiger partial charge is 0.434 e. The molecule has 0 radical (unpaired) electrons. The van der Waals surface area contributed by atoms with Crippen LogP contribution in [0.1, 0.15) is 51.6 Å². The van der Waals surface area contributed by atoms with Gasteiger partial charge in [0.05, 0.1) is 18.9 Å². The molecule has 0 bridgehead atoms. The number of hydrogen-bond donors (Lipinski definition) is 2. The van der Waals surface area contributed by atoms with Crippen LogP contribution < -0.4 is 10.5 Å². The number of anilines is 1. The SMILES string of the molecule is CC(C)C1CCN(CCCC2C[C@@H](Oc3ncc(C(F)(F)F)nc3N)[C@@H](O)CO2)CC1. The third-order valence-corrected chi connectivity index (χ3v) is 6.32. The van der Waals surface area contributed by atoms with Gasteiger partial charge in [0.2, 0.25) is 0 Å². The lowest BCUT2D eigenvalue weighted by Crippen LogP contribution is -2.45. The number of nitrogen functional groups attached to an aromatic ring is 1. The first kappa shape index (κ1) is 24.0. The topological polar surface area (TPSA) is 93.7 Å². The summed E-state index contributed by atoms with van der Waals surface area (Å²) in [7, 11) is 0. The van der Waals surface area contributed by atoms with E-state index in [2.05, 4.69) is 28.7 Å². The number of ether oxygens (including phenoxy) is 2. The molecule has 3 heterocycles. The molecule has 0 aliphatic carbocycles. The van der Waals surface area contributed by atoms with Crippen LogP contribution in [0, 0.1) is 11.8 Å². The summed E-state index contributed by atoms with van der Waals surface area (Å²) < 4.78 is 49.5. The Morgan fingerprint density at radius 3 is 2.65 bits per heavy atom. The molecular weight excluding hydrogens is 413 g/mol. The van der Waals surface area contributed by atoms with Gasteiger partial charge < -0.3 is 25.2 Å². The van der Waals surface area contributed by atoms with Crippen LogP contribution in [0.2, 0.25) is 0 Å². The summed E-state index contributed by atoms with van der Waals surface area (Å²) in [6, 6.07) is 0. The maximum Gasteiger partial charge on any atom is 0.434 e. The van der Waals surface area contributed by atoms with Crippen LogP contribution in [0.15, 0.2) is 6.20 Å². The van der Waals surface area contributed by atoms with E-state index in [1.165, 1.54) is 12.8 Å². The number of likely N-dealkylation sites (tertiary alicyclic amines) is 1. The van der Waals surface area contributed by atoms with Gasteiger partial charge in [0, 0.05) is 6.42 Å². The monoisotopic (exact) mass is 446 g/mol. The van der Waals surface area contributed by atoms with E-state index in [0.717, 1.165) is 44.3 Å². The van der Waals surface area contributed by atoms with Crippen LogP contribution >= 0.6 is 0 Å². The van der Waals surface area contributed by atoms with E-state index in [9.17, 15) is 18.3 Å². The van der Waals surface area contributed by atoms with Gasteiger partial charge in [-0.15, -0.1) is 0 Å². The maximum atomic E-state index is 12.7. The Balaban J connectivity index is 1.46. The molecule has 0 aromatic carbocycles. The van der Waals surface area contributed by atoms with Crippen molar-refractivity contribution in [2.24, 2.45) is 11.8 Å². The number of aromatic nitrogens is 2. The number of alkyl halides is 3. The third-order valence-electron chi connectivity index (χ3n) is 6.32. The van der Waals surface area contributed by atoms with E-state index in [1.807, 2.05) is 0 Å². The zero-order valence-corrected chi connectivity index (χ0v) is 18.1. The normalized spacial score (nSPS) is 26.4. The summed E-state index contributed by atoms with van der Waals surface area (Å²) in [5.41, 5.74) is 4.41. The second-order valence-corrected chi connectivity index (χ2v) is 8.92. The zero-order valence-electron chi connectivity index (χ0n) is 18.1. The summed E-state index contributed by atoms with van der Waals surface area (Å²) in [6.45, 7) is 7.95. The molecule has 3 atom stereocenters. The molecule has 31 heavy (non-hydrogen) atoms. The highest BCUT2D eigenvalue weighted by Gasteiger charge is 2.35. The second kappa shape index (κ2) is 10.3. The van der Waals surface area contributed by atoms with Crippen molar-refractivity contribution in [1.82, 2.24) is 14.9 Å². The molecule has 1 unspecified atom stereocenters. The Morgan fingerprint density at radius 1 is 1.32 bits per heavy atom. The minimum Gasteiger partial charge on any atom is -0.469 e. The second-order valence-electron chi connectivity index (χ2n) is 8.92. The van der Waals surface area contributed by atoms with E-state index in [0.29, 0.717) is 12.6 Å². The summed E-state index contributed by atoms with van der Waals surface area (Å²) in [4.78, 5) is 9.46. The van der Waals surface area contributed by atoms with Crippen molar-refractivity contribution in [2.45, 2.75) is 70.4 Å². The molecular formula is C21H33F3N4O3. The van der Waals surface area contributed by atoms with E-state index in [1.54, 1.807) is 0 Å². The highest BCUT2D eigenvalue weighted by Crippen LogP contribution is 2.31. The third kappa shape index (κ3) is 6.66. The summed E-state index contributed by atoms with van der Waals surface area (Å²) in [5, 5.41) is 10.2. The Morgan fingerprint density at radius 2 is 2.03 bits per heavy atom. The molecule has 3 N–H and O–H groups in total. The Hall–Kier alpha value is -1.65. The van der Waals surface area contributed by atoms with Crippen LogP contribution in [-0.2, 0) is 10.9 Å². The maximum absolute atomic E-state index is 12.7. The van der Waals surface area contributed by atoms with E-state index in [4.69, 9.17) is 15.2 Å². The highest BCUT2D eigenvalue weighted by molar-refractivity contribution is 5.40. The summed E-state index contributed by atoms with van der Waals surface area (Å²) in [5.74, 6) is 0.906. The number of nitrogens with zero attached hydrogens (tertiary/aromatic N) is 3. The lowest BCUT2D eigenvalue weighted by molar-refractivity contribution is -0.141. The predicted octanol–water partition coefficient (Wildman–Crippen LogP) is 3.12. The minimum atomic E-state index is -4.63. The van der Waals surface area contributed by atoms with Gasteiger partial charge in [0.25, 0.3) is 5.88 Å². The molecule has 10 heteroatoms. The molecule has 2 aliphatic heterocycles. The van der Waals surface area contributed by atoms with Gasteiger partial charge in [0.1, 0.15) is 12.2 Å². The fraction of sp³-hybridized carbons (Fsp3) is 0.810. The molecule has 7 nitrogen and oxygen atoms in total. The van der Waals surface area contributed by atoms with Crippen LogP contribution in [0.4, 0.5) is 19.0 Å². The first-order valence-corrected chi connectivity index (χ1v) is 11.0. The number of nitrogens with two attached hydrogens (primary N) is 1. The lowest BCUT2D eigenvalue weighted by Gasteiger charge is -2.35. The van der Waals surface area contributed by atoms with Crippen LogP contribution in [0.3, 0.4) is 0 Å². The molecule has 3 rings (SSSR count). The molecule has 2 aliphatic rings. The standard InChI is InChI=1S/C21H33F3N4O3/c1-13(2)14-5-8-28(9-6-14)7-3-4-15-10-17(16(29)12-30-15)31-20-19(25)27-18(11-26-20)21(22,23)24/h11,13-17,29H,3-10,12H2,1-2H3,(H2,25,27)/t15?,16-,17+/m0/s1. The zero-order chi connectivity index (χ0) is 22.6. The van der Waals surface area contributed by atoms with Crippen molar-refractivity contribution in [1.29, 1.82) is 0 Å². The molecule has 0 spiro atoms. The fourth-order valence-electron chi connectivity index (χ4n) is 4.30.